The van der Waals surface area contributed by atoms with E-state index in [0.29, 0.717) is 11.8 Å². The van der Waals surface area contributed by atoms with Gasteiger partial charge in [0.05, 0.1) is 29.7 Å². The van der Waals surface area contributed by atoms with Gasteiger partial charge in [0.25, 0.3) is 11.7 Å². The number of benzene rings is 2. The van der Waals surface area contributed by atoms with Gasteiger partial charge in [-0.3, -0.25) is 14.5 Å². The Balaban J connectivity index is 1.97. The molecule has 1 aliphatic heterocycles. The summed E-state index contributed by atoms with van der Waals surface area (Å²) in [5.41, 5.74) is -0.672. The van der Waals surface area contributed by atoms with Crippen LogP contribution in [0.2, 0.25) is 5.02 Å². The SMILES string of the molecule is COc1ccc(Cl)c(/C(O)=C2/C(=O)C(=O)N(c3ccc(F)cc3F)C2c2ccco2)c1. The fourth-order valence-corrected chi connectivity index (χ4v) is 3.64. The second kappa shape index (κ2) is 7.88. The summed E-state index contributed by atoms with van der Waals surface area (Å²) in [6.07, 6.45) is 1.30. The lowest BCUT2D eigenvalue weighted by molar-refractivity contribution is -0.132. The zero-order valence-corrected chi connectivity index (χ0v) is 16.7. The zero-order chi connectivity index (χ0) is 22.3. The van der Waals surface area contributed by atoms with Gasteiger partial charge in [0.15, 0.2) is 0 Å². The predicted octanol–water partition coefficient (Wildman–Crippen LogP) is 4.85. The van der Waals surface area contributed by atoms with Gasteiger partial charge in [0.1, 0.15) is 34.9 Å². The molecule has 31 heavy (non-hydrogen) atoms. The Kier molecular flexibility index (Phi) is 5.24. The van der Waals surface area contributed by atoms with Crippen LogP contribution in [0.3, 0.4) is 0 Å². The first-order valence-corrected chi connectivity index (χ1v) is 9.34. The molecule has 1 aromatic heterocycles. The number of carbonyl (C=O) groups is 2. The molecule has 0 spiro atoms. The van der Waals surface area contributed by atoms with Crippen LogP contribution in [0.15, 0.2) is 64.8 Å². The van der Waals surface area contributed by atoms with E-state index in [-0.39, 0.29) is 27.6 Å². The van der Waals surface area contributed by atoms with Gasteiger partial charge in [-0.05, 0) is 42.5 Å². The number of rotatable bonds is 4. The van der Waals surface area contributed by atoms with Crippen molar-refractivity contribution in [3.05, 3.63) is 88.3 Å². The first-order valence-electron chi connectivity index (χ1n) is 8.97. The van der Waals surface area contributed by atoms with E-state index in [4.69, 9.17) is 20.8 Å². The van der Waals surface area contributed by atoms with E-state index in [9.17, 15) is 23.5 Å². The number of hydrogen-bond donors (Lipinski definition) is 1. The third-order valence-corrected chi connectivity index (χ3v) is 5.18. The summed E-state index contributed by atoms with van der Waals surface area (Å²) < 4.78 is 38.5. The highest BCUT2D eigenvalue weighted by Crippen LogP contribution is 2.44. The molecule has 9 heteroatoms. The maximum atomic E-state index is 14.5. The van der Waals surface area contributed by atoms with E-state index < -0.39 is 35.1 Å². The maximum absolute atomic E-state index is 14.5. The number of Topliss-reactive ketones (excluding diaryl/α,β-unsaturated/α-hetero) is 1. The molecule has 1 atom stereocenters. The van der Waals surface area contributed by atoms with E-state index in [1.165, 1.54) is 37.6 Å². The first kappa shape index (κ1) is 20.6. The van der Waals surface area contributed by atoms with Crippen LogP contribution < -0.4 is 9.64 Å². The quantitative estimate of drug-likeness (QED) is 0.353. The summed E-state index contributed by atoms with van der Waals surface area (Å²) in [6, 6.07) is 8.64. The largest absolute Gasteiger partial charge is 0.507 e. The number of nitrogens with zero attached hydrogens (tertiary/aromatic N) is 1. The van der Waals surface area contributed by atoms with Crippen LogP contribution in [0.25, 0.3) is 5.76 Å². The minimum Gasteiger partial charge on any atom is -0.507 e. The predicted molar refractivity (Wildman–Crippen MR) is 108 cm³/mol. The van der Waals surface area contributed by atoms with Crippen LogP contribution in [0.5, 0.6) is 5.75 Å². The molecule has 1 unspecified atom stereocenters. The molecular weight excluding hydrogens is 432 g/mol. The zero-order valence-electron chi connectivity index (χ0n) is 15.9. The molecule has 1 saturated heterocycles. The lowest BCUT2D eigenvalue weighted by atomic mass is 9.99. The van der Waals surface area contributed by atoms with E-state index >= 15 is 0 Å². The average Bonchev–Trinajstić information content (AvgIpc) is 3.36. The van der Waals surface area contributed by atoms with Crippen molar-refractivity contribution in [3.63, 3.8) is 0 Å². The monoisotopic (exact) mass is 445 g/mol. The molecule has 1 fully saturated rings. The third-order valence-electron chi connectivity index (χ3n) is 4.86. The highest BCUT2D eigenvalue weighted by Gasteiger charge is 2.49. The number of amides is 1. The number of carbonyl (C=O) groups excluding carboxylic acids is 2. The second-order valence-corrected chi connectivity index (χ2v) is 7.03. The van der Waals surface area contributed by atoms with Crippen LogP contribution in [-0.4, -0.2) is 23.9 Å². The Bertz CT molecular complexity index is 1220. The molecule has 0 bridgehead atoms. The number of anilines is 1. The van der Waals surface area contributed by atoms with Crippen molar-refractivity contribution in [2.45, 2.75) is 6.04 Å². The number of aliphatic hydroxyl groups excluding tert-OH is 1. The molecule has 0 aliphatic carbocycles. The lowest BCUT2D eigenvalue weighted by Crippen LogP contribution is -2.30. The van der Waals surface area contributed by atoms with E-state index in [0.717, 1.165) is 17.0 Å². The van der Waals surface area contributed by atoms with Gasteiger partial charge in [-0.15, -0.1) is 0 Å². The van der Waals surface area contributed by atoms with Gasteiger partial charge < -0.3 is 14.3 Å². The van der Waals surface area contributed by atoms with E-state index in [1.807, 2.05) is 0 Å². The Hall–Kier alpha value is -3.65. The van der Waals surface area contributed by atoms with Crippen molar-refractivity contribution < 1.29 is 32.6 Å². The molecule has 6 nitrogen and oxygen atoms in total. The molecule has 1 aliphatic rings. The highest BCUT2D eigenvalue weighted by molar-refractivity contribution is 6.52. The summed E-state index contributed by atoms with van der Waals surface area (Å²) >= 11 is 6.19. The van der Waals surface area contributed by atoms with Crippen molar-refractivity contribution in [2.75, 3.05) is 12.0 Å². The summed E-state index contributed by atoms with van der Waals surface area (Å²) in [4.78, 5) is 26.6. The Labute approximate surface area is 179 Å². The smallest absolute Gasteiger partial charge is 0.300 e. The molecule has 4 rings (SSSR count). The number of ether oxygens (including phenoxy) is 1. The van der Waals surface area contributed by atoms with Gasteiger partial charge in [-0.2, -0.15) is 0 Å². The number of halogens is 3. The molecule has 0 saturated carbocycles. The fourth-order valence-electron chi connectivity index (χ4n) is 3.43. The highest BCUT2D eigenvalue weighted by atomic mass is 35.5. The van der Waals surface area contributed by atoms with Crippen LogP contribution >= 0.6 is 11.6 Å². The number of hydrogen-bond acceptors (Lipinski definition) is 5. The van der Waals surface area contributed by atoms with Crippen molar-refractivity contribution in [1.82, 2.24) is 0 Å². The lowest BCUT2D eigenvalue weighted by Gasteiger charge is -2.23. The molecule has 2 heterocycles. The van der Waals surface area contributed by atoms with Gasteiger partial charge in [0.2, 0.25) is 0 Å². The van der Waals surface area contributed by atoms with Gasteiger partial charge in [-0.1, -0.05) is 11.6 Å². The molecule has 158 valence electrons. The van der Waals surface area contributed by atoms with Crippen molar-refractivity contribution >= 4 is 34.7 Å². The molecule has 0 radical (unpaired) electrons. The van der Waals surface area contributed by atoms with Gasteiger partial charge in [0, 0.05) is 11.6 Å². The molecule has 2 aromatic carbocycles. The van der Waals surface area contributed by atoms with Crippen LogP contribution in [0, 0.1) is 11.6 Å². The minimum atomic E-state index is -1.31. The Morgan fingerprint density at radius 1 is 1.16 bits per heavy atom. The second-order valence-electron chi connectivity index (χ2n) is 6.63. The molecule has 1 N–H and O–H groups in total. The first-order chi connectivity index (χ1) is 14.8. The summed E-state index contributed by atoms with van der Waals surface area (Å²) in [5.74, 6) is -4.26. The number of aliphatic hydroxyl groups is 1. The Morgan fingerprint density at radius 3 is 2.58 bits per heavy atom. The topological polar surface area (TPSA) is 80.0 Å². The number of ketones is 1. The molecule has 1 amide bonds. The third kappa shape index (κ3) is 3.44. The molecule has 3 aromatic rings. The summed E-state index contributed by atoms with van der Waals surface area (Å²) in [5, 5.41) is 11.1. The van der Waals surface area contributed by atoms with Crippen molar-refractivity contribution in [2.24, 2.45) is 0 Å². The Morgan fingerprint density at radius 2 is 1.94 bits per heavy atom. The standard InChI is InChI=1S/C22H14ClF2NO5/c1-30-12-5-6-14(23)13(10-12)20(27)18-19(17-3-2-8-31-17)26(22(29)21(18)28)16-7-4-11(24)9-15(16)25/h2-10,19,27H,1H3/b20-18-. The maximum Gasteiger partial charge on any atom is 0.300 e. The van der Waals surface area contributed by atoms with Crippen molar-refractivity contribution in [3.8, 4) is 5.75 Å². The fraction of sp³-hybridized carbons (Fsp3) is 0.0909. The minimum absolute atomic E-state index is 0.0372. The normalized spacial score (nSPS) is 17.9. The number of methoxy groups -OCH3 is 1. The van der Waals surface area contributed by atoms with Gasteiger partial charge >= 0.3 is 0 Å². The van der Waals surface area contributed by atoms with Crippen LogP contribution in [0.4, 0.5) is 14.5 Å². The van der Waals surface area contributed by atoms with Crippen LogP contribution in [0.1, 0.15) is 17.4 Å². The van der Waals surface area contributed by atoms with E-state index in [1.54, 1.807) is 6.07 Å². The van der Waals surface area contributed by atoms with E-state index in [2.05, 4.69) is 0 Å². The van der Waals surface area contributed by atoms with Gasteiger partial charge in [-0.25, -0.2) is 8.78 Å². The number of furan rings is 1. The summed E-state index contributed by atoms with van der Waals surface area (Å²) in [7, 11) is 1.41. The summed E-state index contributed by atoms with van der Waals surface area (Å²) in [6.45, 7) is 0. The average molecular weight is 446 g/mol. The van der Waals surface area contributed by atoms with Crippen LogP contribution in [-0.2, 0) is 9.59 Å². The van der Waals surface area contributed by atoms with Crippen molar-refractivity contribution in [1.29, 1.82) is 0 Å². The molecular formula is C22H14ClF2NO5.